The van der Waals surface area contributed by atoms with E-state index < -0.39 is 12.2 Å². The number of carbonyl (C=O) groups excluding carboxylic acids is 1. The first kappa shape index (κ1) is 16.4. The average Bonchev–Trinajstić information content (AvgIpc) is 2.57. The number of thioether (sulfide) groups is 1. The number of hydrogen-bond donors (Lipinski definition) is 2. The van der Waals surface area contributed by atoms with Crippen molar-refractivity contribution in [2.24, 2.45) is 0 Å². The van der Waals surface area contributed by atoms with E-state index in [-0.39, 0.29) is 12.5 Å². The number of hydrogen-bond acceptors (Lipinski definition) is 6. The zero-order chi connectivity index (χ0) is 16.2. The molecule has 6 nitrogen and oxygen atoms in total. The summed E-state index contributed by atoms with van der Waals surface area (Å²) in [7, 11) is 0. The lowest BCUT2D eigenvalue weighted by Gasteiger charge is -2.33. The summed E-state index contributed by atoms with van der Waals surface area (Å²) in [6.07, 6.45) is -0.714. The van der Waals surface area contributed by atoms with Gasteiger partial charge in [0.25, 0.3) is 0 Å². The molecule has 2 aliphatic heterocycles. The van der Waals surface area contributed by atoms with Crippen LogP contribution in [0.15, 0.2) is 23.1 Å². The molecular formula is C16H21NO5S. The van der Waals surface area contributed by atoms with Crippen molar-refractivity contribution in [2.45, 2.75) is 29.9 Å². The highest BCUT2D eigenvalue weighted by Crippen LogP contribution is 2.34. The Morgan fingerprint density at radius 3 is 2.78 bits per heavy atom. The molecule has 23 heavy (non-hydrogen) atoms. The summed E-state index contributed by atoms with van der Waals surface area (Å²) >= 11 is 1.59. The third-order valence-electron chi connectivity index (χ3n) is 4.00. The van der Waals surface area contributed by atoms with Crippen molar-refractivity contribution in [3.63, 3.8) is 0 Å². The molecule has 0 aliphatic carbocycles. The van der Waals surface area contributed by atoms with Crippen LogP contribution in [0.1, 0.15) is 12.8 Å². The topological polar surface area (TPSA) is 79.2 Å². The van der Waals surface area contributed by atoms with Crippen molar-refractivity contribution in [2.75, 3.05) is 32.1 Å². The van der Waals surface area contributed by atoms with Gasteiger partial charge in [0.15, 0.2) is 11.5 Å². The zero-order valence-corrected chi connectivity index (χ0v) is 13.6. The van der Waals surface area contributed by atoms with Gasteiger partial charge in [-0.3, -0.25) is 4.79 Å². The van der Waals surface area contributed by atoms with Gasteiger partial charge in [-0.1, -0.05) is 0 Å². The van der Waals surface area contributed by atoms with Crippen LogP contribution in [-0.2, 0) is 4.79 Å². The molecule has 0 radical (unpaired) electrons. The largest absolute Gasteiger partial charge is 0.486 e. The molecule has 0 spiro atoms. The lowest BCUT2D eigenvalue weighted by molar-refractivity contribution is -0.137. The minimum Gasteiger partial charge on any atom is -0.486 e. The zero-order valence-electron chi connectivity index (χ0n) is 12.8. The number of benzene rings is 1. The van der Waals surface area contributed by atoms with Crippen molar-refractivity contribution in [1.82, 2.24) is 4.90 Å². The quantitative estimate of drug-likeness (QED) is 0.794. The molecule has 2 aliphatic rings. The summed E-state index contributed by atoms with van der Waals surface area (Å²) in [6, 6.07) is 5.79. The van der Waals surface area contributed by atoms with Crippen LogP contribution >= 0.6 is 11.8 Å². The predicted octanol–water partition coefficient (Wildman–Crippen LogP) is 0.894. The predicted molar refractivity (Wildman–Crippen MR) is 86.0 cm³/mol. The molecule has 1 saturated heterocycles. The van der Waals surface area contributed by atoms with E-state index in [0.717, 1.165) is 16.4 Å². The molecule has 2 heterocycles. The van der Waals surface area contributed by atoms with Crippen LogP contribution in [0, 0.1) is 0 Å². The Morgan fingerprint density at radius 1 is 1.22 bits per heavy atom. The second-order valence-corrected chi connectivity index (χ2v) is 6.84. The third-order valence-corrected chi connectivity index (χ3v) is 4.99. The maximum absolute atomic E-state index is 12.1. The second kappa shape index (κ2) is 7.42. The van der Waals surface area contributed by atoms with Crippen LogP contribution < -0.4 is 9.47 Å². The van der Waals surface area contributed by atoms with E-state index in [2.05, 4.69) is 0 Å². The van der Waals surface area contributed by atoms with Gasteiger partial charge < -0.3 is 24.6 Å². The maximum Gasteiger partial charge on any atom is 0.223 e. The van der Waals surface area contributed by atoms with Gasteiger partial charge in [0.2, 0.25) is 5.91 Å². The number of ether oxygens (including phenoxy) is 2. The number of nitrogens with zero attached hydrogens (tertiary/aromatic N) is 1. The molecule has 0 saturated carbocycles. The standard InChI is InChI=1S/C16H21NO5S/c18-12-3-5-17(10-13(12)19)16(20)4-8-23-11-1-2-14-15(9-11)22-7-6-21-14/h1-2,9,12-13,18-19H,3-8,10H2/t12-,13-/m1/s1. The number of aliphatic hydroxyl groups excluding tert-OH is 2. The first-order valence-electron chi connectivity index (χ1n) is 7.80. The smallest absolute Gasteiger partial charge is 0.223 e. The van der Waals surface area contributed by atoms with Crippen LogP contribution in [0.2, 0.25) is 0 Å². The molecule has 2 atom stereocenters. The lowest BCUT2D eigenvalue weighted by Crippen LogP contribution is -2.49. The average molecular weight is 339 g/mol. The maximum atomic E-state index is 12.1. The van der Waals surface area contributed by atoms with E-state index in [9.17, 15) is 15.0 Å². The Bertz CT molecular complexity index is 567. The molecule has 0 bridgehead atoms. The highest BCUT2D eigenvalue weighted by molar-refractivity contribution is 7.99. The monoisotopic (exact) mass is 339 g/mol. The van der Waals surface area contributed by atoms with Crippen molar-refractivity contribution in [3.8, 4) is 11.5 Å². The molecule has 126 valence electrons. The molecule has 1 aromatic rings. The van der Waals surface area contributed by atoms with E-state index >= 15 is 0 Å². The Hall–Kier alpha value is -1.44. The fourth-order valence-corrected chi connectivity index (χ4v) is 3.54. The van der Waals surface area contributed by atoms with Crippen LogP contribution in [0.3, 0.4) is 0 Å². The van der Waals surface area contributed by atoms with Crippen molar-refractivity contribution in [1.29, 1.82) is 0 Å². The third kappa shape index (κ3) is 4.10. The first-order chi connectivity index (χ1) is 11.1. The van der Waals surface area contributed by atoms with Crippen molar-refractivity contribution in [3.05, 3.63) is 18.2 Å². The molecule has 2 N–H and O–H groups in total. The fraction of sp³-hybridized carbons (Fsp3) is 0.562. The van der Waals surface area contributed by atoms with E-state index in [1.54, 1.807) is 16.7 Å². The summed E-state index contributed by atoms with van der Waals surface area (Å²) in [5.41, 5.74) is 0. The molecule has 3 rings (SSSR count). The van der Waals surface area contributed by atoms with Gasteiger partial charge in [0.1, 0.15) is 13.2 Å². The molecule has 0 aromatic heterocycles. The minimum atomic E-state index is -0.835. The summed E-state index contributed by atoms with van der Waals surface area (Å²) in [6.45, 7) is 1.85. The van der Waals surface area contributed by atoms with Gasteiger partial charge in [-0.25, -0.2) is 0 Å². The molecule has 1 aromatic carbocycles. The van der Waals surface area contributed by atoms with Gasteiger partial charge in [-0.15, -0.1) is 11.8 Å². The molecule has 0 unspecified atom stereocenters. The Labute approximate surface area is 139 Å². The van der Waals surface area contributed by atoms with Crippen LogP contribution in [0.5, 0.6) is 11.5 Å². The molecule has 1 amide bonds. The van der Waals surface area contributed by atoms with Crippen molar-refractivity contribution < 1.29 is 24.5 Å². The van der Waals surface area contributed by atoms with E-state index in [4.69, 9.17) is 9.47 Å². The Morgan fingerprint density at radius 2 is 2.00 bits per heavy atom. The summed E-state index contributed by atoms with van der Waals surface area (Å²) in [4.78, 5) is 14.8. The molecule has 1 fully saturated rings. The van der Waals surface area contributed by atoms with E-state index in [1.165, 1.54) is 0 Å². The minimum absolute atomic E-state index is 0.0148. The van der Waals surface area contributed by atoms with Crippen LogP contribution in [-0.4, -0.2) is 65.3 Å². The van der Waals surface area contributed by atoms with E-state index in [1.807, 2.05) is 18.2 Å². The van der Waals surface area contributed by atoms with Gasteiger partial charge in [-0.2, -0.15) is 0 Å². The first-order valence-corrected chi connectivity index (χ1v) is 8.78. The van der Waals surface area contributed by atoms with Gasteiger partial charge in [-0.05, 0) is 24.6 Å². The van der Waals surface area contributed by atoms with Gasteiger partial charge in [0, 0.05) is 30.2 Å². The number of β-amino-alcohol motifs (C(OH)–C–C–N with tert-alkyl or cyclic N) is 1. The molecule has 7 heteroatoms. The fourth-order valence-electron chi connectivity index (χ4n) is 2.67. The Kier molecular flexibility index (Phi) is 5.30. The second-order valence-electron chi connectivity index (χ2n) is 5.67. The number of fused-ring (bicyclic) bond motifs is 1. The highest BCUT2D eigenvalue weighted by atomic mass is 32.2. The lowest BCUT2D eigenvalue weighted by atomic mass is 10.1. The number of carbonyl (C=O) groups is 1. The normalized spacial score (nSPS) is 23.7. The SMILES string of the molecule is O=C(CCSc1ccc2c(c1)OCCO2)N1CC[C@@H](O)[C@H](O)C1. The number of rotatable bonds is 4. The summed E-state index contributed by atoms with van der Waals surface area (Å²) in [5, 5.41) is 19.1. The van der Waals surface area contributed by atoms with Gasteiger partial charge >= 0.3 is 0 Å². The Balaban J connectivity index is 1.47. The number of piperidine rings is 1. The number of amides is 1. The van der Waals surface area contributed by atoms with Gasteiger partial charge in [0.05, 0.1) is 12.2 Å². The highest BCUT2D eigenvalue weighted by Gasteiger charge is 2.28. The number of likely N-dealkylation sites (tertiary alicyclic amines) is 1. The summed E-state index contributed by atoms with van der Waals surface area (Å²) in [5.74, 6) is 2.19. The number of aliphatic hydroxyl groups is 2. The summed E-state index contributed by atoms with van der Waals surface area (Å²) < 4.78 is 11.0. The van der Waals surface area contributed by atoms with Crippen LogP contribution in [0.25, 0.3) is 0 Å². The van der Waals surface area contributed by atoms with Crippen LogP contribution in [0.4, 0.5) is 0 Å². The van der Waals surface area contributed by atoms with E-state index in [0.29, 0.717) is 38.4 Å². The van der Waals surface area contributed by atoms with Crippen molar-refractivity contribution >= 4 is 17.7 Å². The molecular weight excluding hydrogens is 318 g/mol.